The smallest absolute Gasteiger partial charge is 0.316 e. The molecule has 1 spiro atoms. The van der Waals surface area contributed by atoms with Crippen LogP contribution in [0.15, 0.2) is 24.3 Å². The Morgan fingerprint density at radius 1 is 1.27 bits per heavy atom. The van der Waals surface area contributed by atoms with E-state index in [1.54, 1.807) is 13.0 Å². The zero-order chi connectivity index (χ0) is 23.6. The summed E-state index contributed by atoms with van der Waals surface area (Å²) < 4.78 is 12.0. The Labute approximate surface area is 196 Å². The zero-order valence-electron chi connectivity index (χ0n) is 20.0. The molecule has 5 rings (SSSR count). The van der Waals surface area contributed by atoms with Gasteiger partial charge in [0.05, 0.1) is 24.2 Å². The Balaban J connectivity index is 1.45. The summed E-state index contributed by atoms with van der Waals surface area (Å²) in [6.07, 6.45) is 11.3. The molecule has 182 valence electrons. The maximum atomic E-state index is 13.7. The average Bonchev–Trinajstić information content (AvgIpc) is 3.20. The van der Waals surface area contributed by atoms with Gasteiger partial charge in [0.1, 0.15) is 11.0 Å². The van der Waals surface area contributed by atoms with Crippen LogP contribution in [0.4, 0.5) is 0 Å². The van der Waals surface area contributed by atoms with Crippen LogP contribution < -0.4 is 0 Å². The highest BCUT2D eigenvalue weighted by Gasteiger charge is 2.83. The SMILES string of the molecule is C=C1C[C@]23C[C@@]1(O)CC[C@H]2[C@@]12C=C[C@H](O)[C@@](C)(C(=O)O1)[C@H]2[C@@H]3C(=O)OCCCCCCCC. The molecule has 1 heterocycles. The maximum Gasteiger partial charge on any atom is 0.316 e. The first-order valence-electron chi connectivity index (χ1n) is 12.8. The van der Waals surface area contributed by atoms with E-state index in [0.717, 1.165) is 24.8 Å². The molecule has 8 atom stereocenters. The van der Waals surface area contributed by atoms with Crippen molar-refractivity contribution in [3.05, 3.63) is 24.3 Å². The van der Waals surface area contributed by atoms with Crippen molar-refractivity contribution in [2.24, 2.45) is 28.6 Å². The van der Waals surface area contributed by atoms with Crippen molar-refractivity contribution in [2.45, 2.75) is 95.4 Å². The largest absolute Gasteiger partial charge is 0.465 e. The number of esters is 2. The van der Waals surface area contributed by atoms with E-state index in [-0.39, 0.29) is 11.9 Å². The summed E-state index contributed by atoms with van der Waals surface area (Å²) in [6.45, 7) is 8.45. The highest BCUT2D eigenvalue weighted by atomic mass is 16.6. The highest BCUT2D eigenvalue weighted by Crippen LogP contribution is 2.77. The van der Waals surface area contributed by atoms with Crippen molar-refractivity contribution in [3.8, 4) is 0 Å². The van der Waals surface area contributed by atoms with Crippen molar-refractivity contribution < 1.29 is 29.3 Å². The fourth-order valence-electron chi connectivity index (χ4n) is 8.26. The van der Waals surface area contributed by atoms with Gasteiger partial charge in [0.2, 0.25) is 0 Å². The molecule has 0 amide bonds. The van der Waals surface area contributed by atoms with E-state index in [4.69, 9.17) is 9.47 Å². The van der Waals surface area contributed by atoms with E-state index in [1.807, 2.05) is 6.08 Å². The molecule has 0 aromatic heterocycles. The molecular formula is C27H38O6. The minimum absolute atomic E-state index is 0.101. The predicted molar refractivity (Wildman–Crippen MR) is 122 cm³/mol. The van der Waals surface area contributed by atoms with Crippen molar-refractivity contribution in [1.82, 2.24) is 0 Å². The number of aliphatic hydroxyl groups excluding tert-OH is 1. The van der Waals surface area contributed by atoms with E-state index in [0.29, 0.717) is 32.3 Å². The molecule has 6 nitrogen and oxygen atoms in total. The lowest BCUT2D eigenvalue weighted by atomic mass is 9.61. The number of fused-ring (bicyclic) bond motifs is 1. The average molecular weight is 459 g/mol. The third-order valence-electron chi connectivity index (χ3n) is 9.85. The Bertz CT molecular complexity index is 895. The number of unbranched alkanes of at least 4 members (excludes halogenated alkanes) is 5. The van der Waals surface area contributed by atoms with Gasteiger partial charge < -0.3 is 19.7 Å². The summed E-state index contributed by atoms with van der Waals surface area (Å²) in [5.41, 5.74) is -2.91. The second-order valence-corrected chi connectivity index (χ2v) is 11.5. The standard InChI is InChI=1S/C27H38O6/c1-4-5-6-7-8-9-14-32-22(29)20-21-24(3)19(28)11-13-27(21,33-23(24)30)18-10-12-26(31)16-25(18,20)15-17(26)2/h11,13,18-21,28,31H,2,4-10,12,14-16H2,1,3H3/t18-,19+,20-,21-,24-,25+,26+,27-/m1/s1. The second-order valence-electron chi connectivity index (χ2n) is 11.5. The predicted octanol–water partition coefficient (Wildman–Crippen LogP) is 3.85. The van der Waals surface area contributed by atoms with Crippen LogP contribution >= 0.6 is 0 Å². The summed E-state index contributed by atoms with van der Waals surface area (Å²) in [7, 11) is 0. The minimum atomic E-state index is -1.20. The van der Waals surface area contributed by atoms with Crippen LogP contribution in [0.1, 0.15) is 78.1 Å². The Hall–Kier alpha value is -1.66. The minimum Gasteiger partial charge on any atom is -0.465 e. The zero-order valence-corrected chi connectivity index (χ0v) is 20.0. The number of carbonyl (C=O) groups excluding carboxylic acids is 2. The summed E-state index contributed by atoms with van der Waals surface area (Å²) in [5, 5.41) is 22.2. The topological polar surface area (TPSA) is 93.1 Å². The molecule has 0 aromatic carbocycles. The lowest BCUT2D eigenvalue weighted by molar-refractivity contribution is -0.165. The quantitative estimate of drug-likeness (QED) is 0.326. The first-order valence-corrected chi connectivity index (χ1v) is 12.8. The molecule has 6 heteroatoms. The summed E-state index contributed by atoms with van der Waals surface area (Å²) in [5.74, 6) is -1.98. The first-order chi connectivity index (χ1) is 15.7. The summed E-state index contributed by atoms with van der Waals surface area (Å²) in [6, 6.07) is 0. The molecule has 33 heavy (non-hydrogen) atoms. The van der Waals surface area contributed by atoms with Gasteiger partial charge in [-0.15, -0.1) is 0 Å². The van der Waals surface area contributed by atoms with Crippen molar-refractivity contribution in [1.29, 1.82) is 0 Å². The van der Waals surface area contributed by atoms with E-state index in [9.17, 15) is 19.8 Å². The number of ether oxygens (including phenoxy) is 2. The second kappa shape index (κ2) is 7.67. The van der Waals surface area contributed by atoms with Gasteiger partial charge in [-0.25, -0.2) is 0 Å². The fraction of sp³-hybridized carbons (Fsp3) is 0.778. The van der Waals surface area contributed by atoms with Crippen LogP contribution in [-0.4, -0.2) is 46.1 Å². The lowest BCUT2D eigenvalue weighted by Gasteiger charge is -2.44. The molecule has 0 aromatic rings. The fourth-order valence-corrected chi connectivity index (χ4v) is 8.26. The lowest BCUT2D eigenvalue weighted by Crippen LogP contribution is -2.51. The van der Waals surface area contributed by atoms with Crippen molar-refractivity contribution in [3.63, 3.8) is 0 Å². The Morgan fingerprint density at radius 2 is 2.00 bits per heavy atom. The molecule has 3 saturated carbocycles. The summed E-state index contributed by atoms with van der Waals surface area (Å²) in [4.78, 5) is 26.9. The van der Waals surface area contributed by atoms with E-state index >= 15 is 0 Å². The van der Waals surface area contributed by atoms with E-state index in [1.165, 1.54) is 19.3 Å². The molecule has 4 bridgehead atoms. The summed E-state index contributed by atoms with van der Waals surface area (Å²) >= 11 is 0. The molecule has 5 aliphatic rings. The third kappa shape index (κ3) is 2.92. The number of hydrogen-bond donors (Lipinski definition) is 2. The van der Waals surface area contributed by atoms with Gasteiger partial charge in [-0.05, 0) is 56.1 Å². The molecule has 1 aliphatic heterocycles. The van der Waals surface area contributed by atoms with Crippen LogP contribution in [0.5, 0.6) is 0 Å². The maximum absolute atomic E-state index is 13.7. The van der Waals surface area contributed by atoms with Gasteiger partial charge in [0.25, 0.3) is 0 Å². The molecule has 1 saturated heterocycles. The third-order valence-corrected chi connectivity index (χ3v) is 9.85. The highest BCUT2D eigenvalue weighted by molar-refractivity contribution is 5.87. The molecule has 0 unspecified atom stereocenters. The first kappa shape index (κ1) is 23.1. The van der Waals surface area contributed by atoms with Crippen LogP contribution in [0, 0.1) is 28.6 Å². The molecular weight excluding hydrogens is 420 g/mol. The van der Waals surface area contributed by atoms with Gasteiger partial charge in [0.15, 0.2) is 0 Å². The molecule has 2 N–H and O–H groups in total. The number of aliphatic hydroxyl groups is 2. The Morgan fingerprint density at radius 3 is 2.76 bits per heavy atom. The molecule has 0 radical (unpaired) electrons. The van der Waals surface area contributed by atoms with Gasteiger partial charge in [0, 0.05) is 11.8 Å². The van der Waals surface area contributed by atoms with Gasteiger partial charge in [-0.2, -0.15) is 0 Å². The molecule has 4 aliphatic carbocycles. The Kier molecular flexibility index (Phi) is 5.37. The van der Waals surface area contributed by atoms with Gasteiger partial charge in [-0.1, -0.05) is 51.7 Å². The van der Waals surface area contributed by atoms with Crippen LogP contribution in [-0.2, 0) is 19.1 Å². The van der Waals surface area contributed by atoms with E-state index in [2.05, 4.69) is 13.5 Å². The number of carbonyl (C=O) groups is 2. The number of rotatable bonds is 8. The molecule has 4 fully saturated rings. The van der Waals surface area contributed by atoms with Crippen LogP contribution in [0.25, 0.3) is 0 Å². The number of hydrogen-bond acceptors (Lipinski definition) is 6. The van der Waals surface area contributed by atoms with Crippen LogP contribution in [0.2, 0.25) is 0 Å². The van der Waals surface area contributed by atoms with Gasteiger partial charge in [-0.3, -0.25) is 9.59 Å². The van der Waals surface area contributed by atoms with Gasteiger partial charge >= 0.3 is 11.9 Å². The van der Waals surface area contributed by atoms with Crippen LogP contribution in [0.3, 0.4) is 0 Å². The van der Waals surface area contributed by atoms with Crippen molar-refractivity contribution in [2.75, 3.05) is 6.61 Å². The normalized spacial score (nSPS) is 46.8. The van der Waals surface area contributed by atoms with E-state index < -0.39 is 45.9 Å². The monoisotopic (exact) mass is 458 g/mol. The van der Waals surface area contributed by atoms with Crippen molar-refractivity contribution >= 4 is 11.9 Å².